The fourth-order valence-corrected chi connectivity index (χ4v) is 2.93. The minimum Gasteiger partial charge on any atom is -0.481 e. The second-order valence-corrected chi connectivity index (χ2v) is 5.79. The summed E-state index contributed by atoms with van der Waals surface area (Å²) in [5.41, 5.74) is -2.30. The third-order valence-electron chi connectivity index (χ3n) is 4.28. The number of likely N-dealkylation sites (tertiary alicyclic amines) is 1. The number of amides is 2. The smallest absolute Gasteiger partial charge is 0.435 e. The third-order valence-corrected chi connectivity index (χ3v) is 4.28. The van der Waals surface area contributed by atoms with E-state index >= 15 is 0 Å². The highest BCUT2D eigenvalue weighted by Gasteiger charge is 2.57. The van der Waals surface area contributed by atoms with E-state index in [2.05, 4.69) is 15.5 Å². The Hall–Kier alpha value is -2.43. The molecule has 11 heteroatoms. The molecule has 0 aliphatic carbocycles. The zero-order valence-corrected chi connectivity index (χ0v) is 12.2. The molecule has 2 atom stereocenters. The maximum atomic E-state index is 12.4. The summed E-state index contributed by atoms with van der Waals surface area (Å²) in [5, 5.41) is 18.0. The van der Waals surface area contributed by atoms with E-state index in [9.17, 15) is 27.9 Å². The number of anilines is 1. The van der Waals surface area contributed by atoms with E-state index in [1.54, 1.807) is 0 Å². The molecule has 0 spiro atoms. The lowest BCUT2D eigenvalue weighted by Crippen LogP contribution is -2.41. The van der Waals surface area contributed by atoms with Crippen LogP contribution < -0.4 is 5.32 Å². The van der Waals surface area contributed by atoms with Gasteiger partial charge in [0.05, 0.1) is 13.2 Å². The number of hydrogen-bond donors (Lipinski definition) is 2. The molecule has 8 nitrogen and oxygen atoms in total. The third kappa shape index (κ3) is 2.75. The maximum absolute atomic E-state index is 12.4. The molecule has 24 heavy (non-hydrogen) atoms. The molecule has 0 bridgehead atoms. The molecular weight excluding hydrogens is 333 g/mol. The Balaban J connectivity index is 1.67. The molecule has 2 amide bonds. The summed E-state index contributed by atoms with van der Waals surface area (Å²) in [6.07, 6.45) is -4.62. The number of ether oxygens (including phenoxy) is 1. The van der Waals surface area contributed by atoms with Gasteiger partial charge in [0.1, 0.15) is 5.41 Å². The minimum absolute atomic E-state index is 0.0247. The molecule has 2 fully saturated rings. The molecule has 0 unspecified atom stereocenters. The van der Waals surface area contributed by atoms with E-state index in [0.29, 0.717) is 6.07 Å². The molecule has 1 aromatic heterocycles. The number of nitrogens with one attached hydrogen (secondary N) is 1. The van der Waals surface area contributed by atoms with Gasteiger partial charge in [0, 0.05) is 19.0 Å². The fraction of sp³-hybridized carbons (Fsp3) is 0.538. The van der Waals surface area contributed by atoms with Gasteiger partial charge in [-0.2, -0.15) is 13.2 Å². The molecule has 0 radical (unpaired) electrons. The average molecular weight is 346 g/mol. The standard InChI is InChI=1S/C13H13F3N4O4/c14-13(15,16)8-1-2-9(19-18-8)17-11(23)20-3-7-4-24-6-12(7,5-20)10(21)22/h1-2,7H,3-6H2,(H,21,22)(H,17,19,23)/t7-,12-/m1/s1. The number of nitrogens with zero attached hydrogens (tertiary/aromatic N) is 3. The second kappa shape index (κ2) is 5.58. The lowest BCUT2D eigenvalue weighted by Gasteiger charge is -2.22. The molecule has 2 aliphatic heterocycles. The quantitative estimate of drug-likeness (QED) is 0.830. The van der Waals surface area contributed by atoms with Gasteiger partial charge in [-0.1, -0.05) is 0 Å². The number of urea groups is 1. The van der Waals surface area contributed by atoms with Crippen LogP contribution in [0.2, 0.25) is 0 Å². The Labute approximate surface area is 133 Å². The van der Waals surface area contributed by atoms with Crippen LogP contribution in [0.15, 0.2) is 12.1 Å². The first-order valence-electron chi connectivity index (χ1n) is 7.00. The summed E-state index contributed by atoms with van der Waals surface area (Å²) in [6, 6.07) is 1.05. The van der Waals surface area contributed by atoms with Crippen LogP contribution >= 0.6 is 0 Å². The largest absolute Gasteiger partial charge is 0.481 e. The minimum atomic E-state index is -4.62. The zero-order valence-electron chi connectivity index (χ0n) is 12.2. The van der Waals surface area contributed by atoms with Gasteiger partial charge in [-0.3, -0.25) is 10.1 Å². The van der Waals surface area contributed by atoms with Crippen LogP contribution in [0.25, 0.3) is 0 Å². The highest BCUT2D eigenvalue weighted by atomic mass is 19.4. The topological polar surface area (TPSA) is 105 Å². The summed E-state index contributed by atoms with van der Waals surface area (Å²) < 4.78 is 42.4. The highest BCUT2D eigenvalue weighted by Crippen LogP contribution is 2.41. The van der Waals surface area contributed by atoms with Crippen LogP contribution in [0.1, 0.15) is 5.69 Å². The molecule has 3 rings (SSSR count). The van der Waals surface area contributed by atoms with Crippen LogP contribution in [0.3, 0.4) is 0 Å². The number of aliphatic carboxylic acids is 1. The van der Waals surface area contributed by atoms with Crippen molar-refractivity contribution in [2.24, 2.45) is 11.3 Å². The van der Waals surface area contributed by atoms with Crippen molar-refractivity contribution in [1.29, 1.82) is 0 Å². The predicted molar refractivity (Wildman–Crippen MR) is 72.0 cm³/mol. The van der Waals surface area contributed by atoms with Crippen LogP contribution in [-0.4, -0.2) is 58.5 Å². The molecule has 2 N–H and O–H groups in total. The normalized spacial score (nSPS) is 26.3. The van der Waals surface area contributed by atoms with E-state index in [4.69, 9.17) is 4.74 Å². The SMILES string of the molecule is O=C(Nc1ccc(C(F)(F)F)nn1)N1C[C@@H]2COC[C@]2(C(=O)O)C1. The lowest BCUT2D eigenvalue weighted by molar-refractivity contribution is -0.149. The number of rotatable bonds is 2. The van der Waals surface area contributed by atoms with Gasteiger partial charge in [-0.25, -0.2) is 4.79 Å². The van der Waals surface area contributed by atoms with Gasteiger partial charge in [0.15, 0.2) is 11.5 Å². The zero-order chi connectivity index (χ0) is 17.5. The maximum Gasteiger partial charge on any atom is 0.435 e. The Kier molecular flexibility index (Phi) is 3.82. The Bertz CT molecular complexity index is 666. The second-order valence-electron chi connectivity index (χ2n) is 5.79. The number of carboxylic acid groups (broad SMARTS) is 1. The van der Waals surface area contributed by atoms with Crippen molar-refractivity contribution in [1.82, 2.24) is 15.1 Å². The number of carbonyl (C=O) groups is 2. The molecule has 130 valence electrons. The summed E-state index contributed by atoms with van der Waals surface area (Å²) in [6.45, 7) is 0.423. The number of carboxylic acids is 1. The Morgan fingerprint density at radius 1 is 1.38 bits per heavy atom. The van der Waals surface area contributed by atoms with Crippen LogP contribution in [0, 0.1) is 11.3 Å². The summed E-state index contributed by atoms with van der Waals surface area (Å²) in [7, 11) is 0. The number of hydrogen-bond acceptors (Lipinski definition) is 5. The first kappa shape index (κ1) is 16.4. The Morgan fingerprint density at radius 3 is 2.67 bits per heavy atom. The van der Waals surface area contributed by atoms with Gasteiger partial charge in [0.2, 0.25) is 0 Å². The number of halogens is 3. The van der Waals surface area contributed by atoms with Crippen LogP contribution in [-0.2, 0) is 15.7 Å². The number of alkyl halides is 3. The van der Waals surface area contributed by atoms with E-state index in [0.717, 1.165) is 6.07 Å². The number of aromatic nitrogens is 2. The lowest BCUT2D eigenvalue weighted by atomic mass is 9.81. The number of fused-ring (bicyclic) bond motifs is 1. The van der Waals surface area contributed by atoms with Crippen molar-refractivity contribution < 1.29 is 32.6 Å². The van der Waals surface area contributed by atoms with E-state index in [1.807, 2.05) is 0 Å². The van der Waals surface area contributed by atoms with Crippen molar-refractivity contribution >= 4 is 17.8 Å². The first-order valence-corrected chi connectivity index (χ1v) is 7.00. The Morgan fingerprint density at radius 2 is 2.12 bits per heavy atom. The van der Waals surface area contributed by atoms with E-state index in [-0.39, 0.29) is 38.0 Å². The predicted octanol–water partition coefficient (Wildman–Crippen LogP) is 1.06. The van der Waals surface area contributed by atoms with Gasteiger partial charge in [-0.05, 0) is 12.1 Å². The van der Waals surface area contributed by atoms with E-state index in [1.165, 1.54) is 4.90 Å². The van der Waals surface area contributed by atoms with Gasteiger partial charge in [-0.15, -0.1) is 10.2 Å². The van der Waals surface area contributed by atoms with Gasteiger partial charge >= 0.3 is 18.2 Å². The molecule has 2 saturated heterocycles. The monoisotopic (exact) mass is 346 g/mol. The van der Waals surface area contributed by atoms with Gasteiger partial charge < -0.3 is 14.7 Å². The molecule has 1 aromatic rings. The van der Waals surface area contributed by atoms with Gasteiger partial charge in [0.25, 0.3) is 0 Å². The summed E-state index contributed by atoms with van der Waals surface area (Å²) in [4.78, 5) is 25.0. The fourth-order valence-electron chi connectivity index (χ4n) is 2.93. The number of carbonyl (C=O) groups excluding carboxylic acids is 1. The first-order chi connectivity index (χ1) is 11.2. The molecule has 0 saturated carbocycles. The van der Waals surface area contributed by atoms with Crippen molar-refractivity contribution in [3.63, 3.8) is 0 Å². The summed E-state index contributed by atoms with van der Waals surface area (Å²) >= 11 is 0. The highest BCUT2D eigenvalue weighted by molar-refractivity contribution is 5.89. The molecule has 0 aromatic carbocycles. The van der Waals surface area contributed by atoms with Crippen molar-refractivity contribution in [3.05, 3.63) is 17.8 Å². The summed E-state index contributed by atoms with van der Waals surface area (Å²) in [5.74, 6) is -1.50. The van der Waals surface area contributed by atoms with Crippen molar-refractivity contribution in [2.45, 2.75) is 6.18 Å². The van der Waals surface area contributed by atoms with E-state index < -0.39 is 29.3 Å². The molecule has 3 heterocycles. The van der Waals surface area contributed by atoms with Crippen LogP contribution in [0.5, 0.6) is 0 Å². The average Bonchev–Trinajstić information content (AvgIpc) is 3.04. The van der Waals surface area contributed by atoms with Crippen molar-refractivity contribution in [3.8, 4) is 0 Å². The molecular formula is C13H13F3N4O4. The molecule has 2 aliphatic rings. The van der Waals surface area contributed by atoms with Crippen molar-refractivity contribution in [2.75, 3.05) is 31.6 Å². The van der Waals surface area contributed by atoms with Crippen LogP contribution in [0.4, 0.5) is 23.8 Å².